The van der Waals surface area contributed by atoms with Gasteiger partial charge >= 0.3 is 6.36 Å². The summed E-state index contributed by atoms with van der Waals surface area (Å²) in [6.45, 7) is 3.33. The average molecular weight is 631 g/mol. The van der Waals surface area contributed by atoms with Gasteiger partial charge < -0.3 is 30.7 Å². The van der Waals surface area contributed by atoms with Crippen LogP contribution in [0.15, 0.2) is 36.5 Å². The first-order chi connectivity index (χ1) is 20.9. The molecule has 14 heteroatoms. The molecule has 10 nitrogen and oxygen atoms in total. The summed E-state index contributed by atoms with van der Waals surface area (Å²) >= 11 is 1.46. The summed E-state index contributed by atoms with van der Waals surface area (Å²) in [7, 11) is 0. The lowest BCUT2D eigenvalue weighted by molar-refractivity contribution is -0.274. The molecule has 0 saturated heterocycles. The zero-order valence-corrected chi connectivity index (χ0v) is 24.9. The number of nitrogens with zero attached hydrogens (tertiary/aromatic N) is 4. The topological polar surface area (TPSA) is 146 Å². The molecule has 3 aromatic heterocycles. The number of nitrogens with one attached hydrogen (secondary N) is 2. The highest BCUT2D eigenvalue weighted by molar-refractivity contribution is 7.21. The summed E-state index contributed by atoms with van der Waals surface area (Å²) in [5.41, 5.74) is 1.83. The first-order valence-corrected chi connectivity index (χ1v) is 15.3. The Morgan fingerprint density at radius 1 is 1.11 bits per heavy atom. The number of halogens is 3. The van der Waals surface area contributed by atoms with Gasteiger partial charge in [-0.3, -0.25) is 4.98 Å². The molecule has 6 rings (SSSR count). The maximum atomic E-state index is 12.6. The fourth-order valence-corrected chi connectivity index (χ4v) is 6.88. The van der Waals surface area contributed by atoms with Gasteiger partial charge in [0.2, 0.25) is 5.95 Å². The smallest absolute Gasteiger partial charge is 0.406 e. The molecule has 234 valence electrons. The quantitative estimate of drug-likeness (QED) is 0.147. The third kappa shape index (κ3) is 6.03. The van der Waals surface area contributed by atoms with Crippen LogP contribution in [0, 0.1) is 12.8 Å². The van der Waals surface area contributed by atoms with Crippen LogP contribution in [0.25, 0.3) is 20.8 Å². The van der Waals surface area contributed by atoms with Crippen molar-refractivity contribution in [1.82, 2.24) is 19.9 Å². The van der Waals surface area contributed by atoms with Crippen LogP contribution in [-0.4, -0.2) is 60.1 Å². The van der Waals surface area contributed by atoms with Crippen LogP contribution in [0.4, 0.5) is 24.9 Å². The van der Waals surface area contributed by atoms with Crippen molar-refractivity contribution in [2.45, 2.75) is 76.1 Å². The molecule has 0 spiro atoms. The minimum absolute atomic E-state index is 0.184. The predicted octanol–water partition coefficient (Wildman–Crippen LogP) is 5.66. The third-order valence-corrected chi connectivity index (χ3v) is 9.53. The van der Waals surface area contributed by atoms with Crippen molar-refractivity contribution in [2.24, 2.45) is 5.92 Å². The number of benzene rings is 1. The van der Waals surface area contributed by atoms with E-state index in [4.69, 9.17) is 9.97 Å². The van der Waals surface area contributed by atoms with Gasteiger partial charge in [0, 0.05) is 24.6 Å². The van der Waals surface area contributed by atoms with Gasteiger partial charge in [-0.15, -0.1) is 24.5 Å². The van der Waals surface area contributed by atoms with Crippen molar-refractivity contribution >= 4 is 33.3 Å². The molecule has 3 heterocycles. The standard InChI is InChI=1S/C30H33F3N6O4S/c1-15(17-6-8-20(9-7-17)43-30(31,32)33)35-28-36-16(2)22(26(38-28)39-29(42)12-10-19(14-40)25(29)41)27-37-24-21(44-27)11-13-34-23(24)18-4-3-5-18/h6-9,11,13,15,18-19,25,40-42H,3-5,10,12,14H2,1-2H3,(H2,35,36,38,39). The van der Waals surface area contributed by atoms with Crippen molar-refractivity contribution in [3.8, 4) is 16.3 Å². The molecule has 5 N–H and O–H groups in total. The molecule has 4 aromatic rings. The van der Waals surface area contributed by atoms with Gasteiger partial charge in [-0.25, -0.2) is 9.97 Å². The average Bonchev–Trinajstić information content (AvgIpc) is 3.48. The van der Waals surface area contributed by atoms with Gasteiger partial charge in [-0.1, -0.05) is 18.6 Å². The highest BCUT2D eigenvalue weighted by Gasteiger charge is 2.47. The molecule has 2 aliphatic rings. The highest BCUT2D eigenvalue weighted by Crippen LogP contribution is 2.44. The fraction of sp³-hybridized carbons (Fsp3) is 0.467. The van der Waals surface area contributed by atoms with E-state index in [0.29, 0.717) is 34.2 Å². The Bertz CT molecular complexity index is 1650. The van der Waals surface area contributed by atoms with Crippen molar-refractivity contribution in [3.63, 3.8) is 0 Å². The number of rotatable bonds is 9. The molecule has 1 aromatic carbocycles. The number of fused-ring (bicyclic) bond motifs is 1. The van der Waals surface area contributed by atoms with Gasteiger partial charge in [0.15, 0.2) is 5.72 Å². The van der Waals surface area contributed by atoms with Crippen molar-refractivity contribution in [3.05, 3.63) is 53.5 Å². The van der Waals surface area contributed by atoms with Gasteiger partial charge in [0.25, 0.3) is 0 Å². The maximum absolute atomic E-state index is 12.6. The lowest BCUT2D eigenvalue weighted by Crippen LogP contribution is -2.48. The number of hydrogen-bond acceptors (Lipinski definition) is 11. The molecule has 2 saturated carbocycles. The Balaban J connectivity index is 1.36. The Morgan fingerprint density at radius 2 is 1.86 bits per heavy atom. The SMILES string of the molecule is Cc1nc(NC(C)c2ccc(OC(F)(F)F)cc2)nc(NC2(O)CCC(CO)C2O)c1-c1nc2c(C3CCC3)nccc2s1. The molecule has 2 aliphatic carbocycles. The lowest BCUT2D eigenvalue weighted by atomic mass is 9.82. The van der Waals surface area contributed by atoms with Gasteiger partial charge in [0.05, 0.1) is 27.7 Å². The van der Waals surface area contributed by atoms with E-state index in [9.17, 15) is 28.5 Å². The number of aryl methyl sites for hydroxylation is 1. The second-order valence-electron chi connectivity index (χ2n) is 11.5. The van der Waals surface area contributed by atoms with E-state index >= 15 is 0 Å². The van der Waals surface area contributed by atoms with E-state index in [1.807, 2.05) is 13.0 Å². The molecule has 0 amide bonds. The van der Waals surface area contributed by atoms with E-state index in [2.05, 4.69) is 25.3 Å². The van der Waals surface area contributed by atoms with E-state index in [0.717, 1.165) is 35.2 Å². The Hall–Kier alpha value is -3.59. The molecule has 4 atom stereocenters. The van der Waals surface area contributed by atoms with E-state index in [-0.39, 0.29) is 30.5 Å². The predicted molar refractivity (Wildman–Crippen MR) is 159 cm³/mol. The maximum Gasteiger partial charge on any atom is 0.573 e. The molecular formula is C30H33F3N6O4S. The van der Waals surface area contributed by atoms with Crippen LogP contribution in [0.5, 0.6) is 5.75 Å². The monoisotopic (exact) mass is 630 g/mol. The summed E-state index contributed by atoms with van der Waals surface area (Å²) in [6, 6.07) is 7.01. The van der Waals surface area contributed by atoms with Crippen LogP contribution in [0.3, 0.4) is 0 Å². The zero-order chi connectivity index (χ0) is 31.2. The fourth-order valence-electron chi connectivity index (χ4n) is 5.82. The second-order valence-corrected chi connectivity index (χ2v) is 12.5. The lowest BCUT2D eigenvalue weighted by Gasteiger charge is -2.31. The van der Waals surface area contributed by atoms with Crippen molar-refractivity contribution in [1.29, 1.82) is 0 Å². The molecule has 0 aliphatic heterocycles. The summed E-state index contributed by atoms with van der Waals surface area (Å²) in [5, 5.41) is 38.9. The van der Waals surface area contributed by atoms with Crippen molar-refractivity contribution < 1.29 is 33.2 Å². The zero-order valence-electron chi connectivity index (χ0n) is 24.1. The van der Waals surface area contributed by atoms with Crippen LogP contribution >= 0.6 is 11.3 Å². The molecule has 4 unspecified atom stereocenters. The Morgan fingerprint density at radius 3 is 2.50 bits per heavy atom. The first-order valence-electron chi connectivity index (χ1n) is 14.5. The Labute approximate surface area is 255 Å². The number of pyridine rings is 1. The molecule has 0 radical (unpaired) electrons. The van der Waals surface area contributed by atoms with Crippen LogP contribution in [0.2, 0.25) is 0 Å². The minimum atomic E-state index is -4.78. The molecule has 44 heavy (non-hydrogen) atoms. The van der Waals surface area contributed by atoms with Gasteiger partial charge in [-0.2, -0.15) is 4.98 Å². The Kier molecular flexibility index (Phi) is 8.11. The number of alkyl halides is 3. The van der Waals surface area contributed by atoms with Gasteiger partial charge in [0.1, 0.15) is 28.2 Å². The van der Waals surface area contributed by atoms with Crippen LogP contribution in [-0.2, 0) is 0 Å². The second kappa shape index (κ2) is 11.7. The summed E-state index contributed by atoms with van der Waals surface area (Å²) in [6.07, 6.45) is -0.333. The number of hydrogen-bond donors (Lipinski definition) is 5. The number of anilines is 2. The normalized spacial score (nSPS) is 23.0. The third-order valence-electron chi connectivity index (χ3n) is 8.49. The number of thiazole rings is 1. The summed E-state index contributed by atoms with van der Waals surface area (Å²) in [4.78, 5) is 19.0. The number of aliphatic hydroxyl groups is 3. The van der Waals surface area contributed by atoms with Gasteiger partial charge in [-0.05, 0) is 63.3 Å². The van der Waals surface area contributed by atoms with E-state index in [1.165, 1.54) is 35.6 Å². The van der Waals surface area contributed by atoms with E-state index in [1.54, 1.807) is 13.1 Å². The number of aliphatic hydroxyl groups excluding tert-OH is 2. The molecule has 0 bridgehead atoms. The highest BCUT2D eigenvalue weighted by atomic mass is 32.1. The van der Waals surface area contributed by atoms with E-state index < -0.39 is 30.2 Å². The number of ether oxygens (including phenoxy) is 1. The summed E-state index contributed by atoms with van der Waals surface area (Å²) in [5.74, 6) is -0.00891. The van der Waals surface area contributed by atoms with Crippen LogP contribution < -0.4 is 15.4 Å². The summed E-state index contributed by atoms with van der Waals surface area (Å²) < 4.78 is 42.7. The number of aromatic nitrogens is 4. The van der Waals surface area contributed by atoms with Crippen molar-refractivity contribution in [2.75, 3.05) is 17.2 Å². The molecular weight excluding hydrogens is 597 g/mol. The first kappa shape index (κ1) is 30.4. The molecule has 2 fully saturated rings. The van der Waals surface area contributed by atoms with Crippen LogP contribution in [0.1, 0.15) is 67.9 Å². The largest absolute Gasteiger partial charge is 0.573 e. The minimum Gasteiger partial charge on any atom is -0.406 e.